The Hall–Kier alpha value is -3.19. The molecule has 5 rings (SSSR count). The first kappa shape index (κ1) is 27.4. The van der Waals surface area contributed by atoms with E-state index in [2.05, 4.69) is 25.2 Å². The third-order valence-corrected chi connectivity index (χ3v) is 8.37. The maximum Gasteiger partial charge on any atom is 0.408 e. The quantitative estimate of drug-likeness (QED) is 0.571. The van der Waals surface area contributed by atoms with Gasteiger partial charge in [0.2, 0.25) is 11.8 Å². The Morgan fingerprint density at radius 2 is 1.87 bits per heavy atom. The van der Waals surface area contributed by atoms with E-state index in [0.29, 0.717) is 25.3 Å². The summed E-state index contributed by atoms with van der Waals surface area (Å²) in [6.07, 6.45) is 1.47. The number of hydrogen-bond acceptors (Lipinski definition) is 6. The SMILES string of the molecule is CC(C)[C@@H](c1ccc(F)cc1)N1C(=O)[C@H]2C[C@@H]1CN2C[C@H](NC(=O)OC(C)(C)C)C(=O)N1[C@H](C#N)C[C@@H]2C[C@@H]21. The molecule has 1 aromatic carbocycles. The summed E-state index contributed by atoms with van der Waals surface area (Å²) in [5.74, 6) is -0.158. The fraction of sp³-hybridized carbons (Fsp3) is 0.655. The molecule has 0 aromatic heterocycles. The number of nitriles is 1. The van der Waals surface area contributed by atoms with E-state index in [1.54, 1.807) is 37.8 Å². The molecule has 0 spiro atoms. The van der Waals surface area contributed by atoms with Gasteiger partial charge in [0, 0.05) is 25.2 Å². The van der Waals surface area contributed by atoms with Gasteiger partial charge in [-0.25, -0.2) is 9.18 Å². The summed E-state index contributed by atoms with van der Waals surface area (Å²) < 4.78 is 19.0. The van der Waals surface area contributed by atoms with Gasteiger partial charge in [-0.1, -0.05) is 26.0 Å². The van der Waals surface area contributed by atoms with Gasteiger partial charge in [0.1, 0.15) is 23.5 Å². The zero-order valence-electron chi connectivity index (χ0n) is 23.3. The average molecular weight is 540 g/mol. The normalized spacial score (nSPS) is 29.3. The molecule has 3 aliphatic heterocycles. The number of nitrogens with zero attached hydrogens (tertiary/aromatic N) is 4. The molecule has 4 aliphatic rings. The molecule has 2 bridgehead atoms. The van der Waals surface area contributed by atoms with E-state index in [4.69, 9.17) is 4.74 Å². The lowest BCUT2D eigenvalue weighted by atomic mass is 9.93. The van der Waals surface area contributed by atoms with Crippen LogP contribution in [0.5, 0.6) is 0 Å². The minimum Gasteiger partial charge on any atom is -0.444 e. The smallest absolute Gasteiger partial charge is 0.408 e. The topological polar surface area (TPSA) is 106 Å². The fourth-order valence-corrected chi connectivity index (χ4v) is 6.72. The molecule has 10 heteroatoms. The summed E-state index contributed by atoms with van der Waals surface area (Å²) >= 11 is 0. The van der Waals surface area contributed by atoms with Crippen LogP contribution in [0.15, 0.2) is 24.3 Å². The lowest BCUT2D eigenvalue weighted by molar-refractivity contribution is -0.142. The van der Waals surface area contributed by atoms with Crippen LogP contribution in [0.2, 0.25) is 0 Å². The zero-order valence-corrected chi connectivity index (χ0v) is 23.3. The van der Waals surface area contributed by atoms with Crippen LogP contribution < -0.4 is 5.32 Å². The zero-order chi connectivity index (χ0) is 28.2. The molecule has 3 amide bonds. The van der Waals surface area contributed by atoms with Crippen molar-refractivity contribution in [1.29, 1.82) is 5.26 Å². The maximum atomic E-state index is 13.8. The van der Waals surface area contributed by atoms with Gasteiger partial charge in [-0.2, -0.15) is 5.26 Å². The Bertz CT molecular complexity index is 1180. The average Bonchev–Trinajstić information content (AvgIpc) is 3.17. The van der Waals surface area contributed by atoms with E-state index in [9.17, 15) is 24.0 Å². The summed E-state index contributed by atoms with van der Waals surface area (Å²) in [5.41, 5.74) is 0.159. The summed E-state index contributed by atoms with van der Waals surface area (Å²) in [7, 11) is 0. The van der Waals surface area contributed by atoms with Crippen LogP contribution in [-0.2, 0) is 14.3 Å². The molecular formula is C29H38FN5O4. The number of likely N-dealkylation sites (tertiary alicyclic amines) is 3. The van der Waals surface area contributed by atoms with Gasteiger partial charge in [-0.3, -0.25) is 14.5 Å². The second-order valence-corrected chi connectivity index (χ2v) is 12.7. The van der Waals surface area contributed by atoms with Gasteiger partial charge >= 0.3 is 6.09 Å². The molecular weight excluding hydrogens is 501 g/mol. The van der Waals surface area contributed by atoms with Crippen LogP contribution in [0.25, 0.3) is 0 Å². The number of carbonyl (C=O) groups is 3. The van der Waals surface area contributed by atoms with Gasteiger partial charge in [0.25, 0.3) is 0 Å². The van der Waals surface area contributed by atoms with Gasteiger partial charge < -0.3 is 19.9 Å². The largest absolute Gasteiger partial charge is 0.444 e. The Morgan fingerprint density at radius 1 is 1.18 bits per heavy atom. The first-order valence-electron chi connectivity index (χ1n) is 13.9. The van der Waals surface area contributed by atoms with E-state index in [0.717, 1.165) is 12.0 Å². The molecule has 4 fully saturated rings. The standard InChI is InChI=1S/C29H38FN5O4/c1-16(2)25(17-6-8-19(30)9-7-17)35-21-12-24(27(35)37)33(14-21)15-22(32-28(38)39-29(3,4)5)26(36)34-20(13-31)10-18-11-23(18)34/h6-9,16,18,20-25H,10-12,14-15H2,1-5H3,(H,32,38)/t18-,20+,21-,22+,23+,24-,25+/m1/s1. The predicted molar refractivity (Wildman–Crippen MR) is 141 cm³/mol. The predicted octanol–water partition coefficient (Wildman–Crippen LogP) is 3.21. The van der Waals surface area contributed by atoms with Crippen molar-refractivity contribution in [2.45, 2.75) is 95.7 Å². The number of alkyl carbamates (subject to hydrolysis) is 1. The van der Waals surface area contributed by atoms with E-state index in [1.807, 2.05) is 9.80 Å². The number of fused-ring (bicyclic) bond motifs is 3. The van der Waals surface area contributed by atoms with Crippen molar-refractivity contribution in [3.63, 3.8) is 0 Å². The van der Waals surface area contributed by atoms with Gasteiger partial charge in [0.05, 0.1) is 18.2 Å². The molecule has 39 heavy (non-hydrogen) atoms. The van der Waals surface area contributed by atoms with Crippen LogP contribution >= 0.6 is 0 Å². The number of carbonyl (C=O) groups excluding carboxylic acids is 3. The molecule has 1 aromatic rings. The molecule has 210 valence electrons. The van der Waals surface area contributed by atoms with E-state index < -0.39 is 29.8 Å². The molecule has 0 radical (unpaired) electrons. The Balaban J connectivity index is 1.33. The van der Waals surface area contributed by atoms with Crippen molar-refractivity contribution in [1.82, 2.24) is 20.0 Å². The van der Waals surface area contributed by atoms with Crippen molar-refractivity contribution in [2.75, 3.05) is 13.1 Å². The Morgan fingerprint density at radius 3 is 2.46 bits per heavy atom. The third-order valence-electron chi connectivity index (χ3n) is 8.37. The lowest BCUT2D eigenvalue weighted by Crippen LogP contribution is -2.59. The molecule has 3 heterocycles. The molecule has 7 atom stereocenters. The van der Waals surface area contributed by atoms with Crippen LogP contribution in [-0.4, -0.2) is 81.5 Å². The first-order chi connectivity index (χ1) is 18.4. The molecule has 1 N–H and O–H groups in total. The number of amides is 3. The highest BCUT2D eigenvalue weighted by atomic mass is 19.1. The van der Waals surface area contributed by atoms with Gasteiger partial charge in [-0.15, -0.1) is 0 Å². The second kappa shape index (κ2) is 10.1. The molecule has 0 unspecified atom stereocenters. The van der Waals surface area contributed by atoms with Gasteiger partial charge in [0.15, 0.2) is 0 Å². The number of ether oxygens (including phenoxy) is 1. The number of benzene rings is 1. The second-order valence-electron chi connectivity index (χ2n) is 12.7. The first-order valence-corrected chi connectivity index (χ1v) is 13.9. The number of piperazine rings is 1. The van der Waals surface area contributed by atoms with E-state index >= 15 is 0 Å². The van der Waals surface area contributed by atoms with Crippen LogP contribution in [0.3, 0.4) is 0 Å². The fourth-order valence-electron chi connectivity index (χ4n) is 6.72. The van der Waals surface area contributed by atoms with Crippen LogP contribution in [0.1, 0.15) is 65.5 Å². The van der Waals surface area contributed by atoms with Crippen LogP contribution in [0, 0.1) is 29.0 Å². The Kier molecular flexibility index (Phi) is 7.08. The number of nitrogens with one attached hydrogen (secondary N) is 1. The van der Waals surface area contributed by atoms with Crippen molar-refractivity contribution in [3.8, 4) is 6.07 Å². The molecule has 9 nitrogen and oxygen atoms in total. The van der Waals surface area contributed by atoms with Crippen molar-refractivity contribution in [2.24, 2.45) is 11.8 Å². The summed E-state index contributed by atoms with van der Waals surface area (Å²) in [5, 5.41) is 12.4. The number of halogens is 1. The van der Waals surface area contributed by atoms with Crippen molar-refractivity contribution in [3.05, 3.63) is 35.6 Å². The highest BCUT2D eigenvalue weighted by molar-refractivity contribution is 5.89. The van der Waals surface area contributed by atoms with E-state index in [1.165, 1.54) is 12.1 Å². The molecule has 1 saturated carbocycles. The lowest BCUT2D eigenvalue weighted by Gasteiger charge is -2.41. The van der Waals surface area contributed by atoms with E-state index in [-0.39, 0.29) is 48.2 Å². The number of rotatable bonds is 7. The molecule has 3 saturated heterocycles. The highest BCUT2D eigenvalue weighted by Crippen LogP contribution is 2.48. The number of piperidine rings is 1. The highest BCUT2D eigenvalue weighted by Gasteiger charge is 2.57. The van der Waals surface area contributed by atoms with Gasteiger partial charge in [-0.05, 0) is 69.6 Å². The molecule has 1 aliphatic carbocycles. The number of hydrogen-bond donors (Lipinski definition) is 1. The van der Waals surface area contributed by atoms with Crippen LogP contribution in [0.4, 0.5) is 9.18 Å². The minimum atomic E-state index is -0.936. The monoisotopic (exact) mass is 539 g/mol. The minimum absolute atomic E-state index is 0.0175. The maximum absolute atomic E-state index is 13.8. The Labute approximate surface area is 229 Å². The summed E-state index contributed by atoms with van der Waals surface area (Å²) in [6.45, 7) is 10.1. The summed E-state index contributed by atoms with van der Waals surface area (Å²) in [6, 6.07) is 6.53. The van der Waals surface area contributed by atoms with Crippen molar-refractivity contribution >= 4 is 17.9 Å². The third kappa shape index (κ3) is 5.33. The van der Waals surface area contributed by atoms with Crippen molar-refractivity contribution < 1.29 is 23.5 Å². The summed E-state index contributed by atoms with van der Waals surface area (Å²) in [4.78, 5) is 45.7.